The van der Waals surface area contributed by atoms with E-state index in [0.29, 0.717) is 5.92 Å². The molecule has 1 fully saturated rings. The van der Waals surface area contributed by atoms with Crippen LogP contribution in [0, 0.1) is 11.8 Å². The first-order valence-corrected chi connectivity index (χ1v) is 3.90. The highest BCUT2D eigenvalue weighted by molar-refractivity contribution is 4.75. The highest BCUT2D eigenvalue weighted by atomic mass is 16.3. The topological polar surface area (TPSA) is 20.2 Å². The summed E-state index contributed by atoms with van der Waals surface area (Å²) in [6.07, 6.45) is 3.52. The highest BCUT2D eigenvalue weighted by Gasteiger charge is 2.24. The molecule has 0 aromatic rings. The van der Waals surface area contributed by atoms with Crippen molar-refractivity contribution in [3.63, 3.8) is 0 Å². The van der Waals surface area contributed by atoms with Crippen LogP contribution in [0.4, 0.5) is 0 Å². The zero-order valence-corrected chi connectivity index (χ0v) is 6.30. The number of aliphatic hydroxyl groups is 1. The van der Waals surface area contributed by atoms with E-state index in [-0.39, 0.29) is 6.10 Å². The van der Waals surface area contributed by atoms with Crippen LogP contribution in [-0.4, -0.2) is 11.2 Å². The van der Waals surface area contributed by atoms with Gasteiger partial charge < -0.3 is 5.11 Å². The maximum Gasteiger partial charge on any atom is 0.0568 e. The van der Waals surface area contributed by atoms with Gasteiger partial charge in [-0.15, -0.1) is 0 Å². The molecule has 1 aliphatic rings. The van der Waals surface area contributed by atoms with E-state index < -0.39 is 0 Å². The number of hydrogen-bond acceptors (Lipinski definition) is 1. The van der Waals surface area contributed by atoms with Crippen molar-refractivity contribution < 1.29 is 5.11 Å². The van der Waals surface area contributed by atoms with Gasteiger partial charge in [0.25, 0.3) is 0 Å². The minimum absolute atomic E-state index is 0.0197. The lowest BCUT2D eigenvalue weighted by atomic mass is 9.80. The molecule has 0 aliphatic heterocycles. The van der Waals surface area contributed by atoms with Crippen molar-refractivity contribution >= 4 is 0 Å². The highest BCUT2D eigenvalue weighted by Crippen LogP contribution is 2.28. The standard InChI is InChI=1S/C8H16O/c1-6-4-3-5-8(9)7(6)2/h6-9H,3-5H2,1-2H3. The first-order valence-electron chi connectivity index (χ1n) is 3.90. The SMILES string of the molecule is CC1CCCC(O)C1C. The van der Waals surface area contributed by atoms with E-state index >= 15 is 0 Å². The van der Waals surface area contributed by atoms with Crippen molar-refractivity contribution in [3.05, 3.63) is 0 Å². The number of aliphatic hydroxyl groups excluding tert-OH is 1. The summed E-state index contributed by atoms with van der Waals surface area (Å²) in [4.78, 5) is 0. The summed E-state index contributed by atoms with van der Waals surface area (Å²) in [5.74, 6) is 1.26. The van der Waals surface area contributed by atoms with Crippen LogP contribution in [0.15, 0.2) is 0 Å². The molecule has 0 radical (unpaired) electrons. The summed E-state index contributed by atoms with van der Waals surface area (Å²) >= 11 is 0. The Bertz CT molecular complexity index is 80.6. The molecule has 1 N–H and O–H groups in total. The van der Waals surface area contributed by atoms with E-state index in [0.717, 1.165) is 12.3 Å². The Morgan fingerprint density at radius 1 is 1.22 bits per heavy atom. The molecule has 1 heteroatoms. The van der Waals surface area contributed by atoms with Gasteiger partial charge in [-0.25, -0.2) is 0 Å². The molecule has 0 aromatic carbocycles. The van der Waals surface area contributed by atoms with E-state index in [1.54, 1.807) is 0 Å². The van der Waals surface area contributed by atoms with E-state index in [1.165, 1.54) is 12.8 Å². The van der Waals surface area contributed by atoms with Crippen LogP contribution >= 0.6 is 0 Å². The van der Waals surface area contributed by atoms with Crippen LogP contribution in [0.5, 0.6) is 0 Å². The Morgan fingerprint density at radius 3 is 2.33 bits per heavy atom. The molecule has 0 bridgehead atoms. The summed E-state index contributed by atoms with van der Waals surface area (Å²) < 4.78 is 0. The van der Waals surface area contributed by atoms with Gasteiger partial charge in [0.1, 0.15) is 0 Å². The number of rotatable bonds is 0. The minimum atomic E-state index is -0.0197. The lowest BCUT2D eigenvalue weighted by Gasteiger charge is -2.30. The molecule has 0 aromatic heterocycles. The fourth-order valence-electron chi connectivity index (χ4n) is 1.55. The van der Waals surface area contributed by atoms with Gasteiger partial charge in [-0.1, -0.05) is 26.7 Å². The van der Waals surface area contributed by atoms with E-state index in [2.05, 4.69) is 13.8 Å². The molecule has 0 spiro atoms. The van der Waals surface area contributed by atoms with Crippen LogP contribution in [0.1, 0.15) is 33.1 Å². The van der Waals surface area contributed by atoms with Crippen LogP contribution in [0.3, 0.4) is 0 Å². The van der Waals surface area contributed by atoms with Gasteiger partial charge in [0.05, 0.1) is 6.10 Å². The third kappa shape index (κ3) is 1.45. The van der Waals surface area contributed by atoms with Gasteiger partial charge >= 0.3 is 0 Å². The Morgan fingerprint density at radius 2 is 1.89 bits per heavy atom. The van der Waals surface area contributed by atoms with Crippen LogP contribution in [-0.2, 0) is 0 Å². The maximum absolute atomic E-state index is 9.35. The van der Waals surface area contributed by atoms with Gasteiger partial charge in [0.2, 0.25) is 0 Å². The lowest BCUT2D eigenvalue weighted by Crippen LogP contribution is -2.28. The average Bonchev–Trinajstić information content (AvgIpc) is 1.83. The Labute approximate surface area is 57.1 Å². The lowest BCUT2D eigenvalue weighted by molar-refractivity contribution is 0.0486. The summed E-state index contributed by atoms with van der Waals surface area (Å²) in [7, 11) is 0. The first-order chi connectivity index (χ1) is 4.22. The van der Waals surface area contributed by atoms with Crippen LogP contribution < -0.4 is 0 Å². The predicted molar refractivity (Wildman–Crippen MR) is 38.2 cm³/mol. The normalized spacial score (nSPS) is 45.0. The summed E-state index contributed by atoms with van der Waals surface area (Å²) in [6, 6.07) is 0. The summed E-state index contributed by atoms with van der Waals surface area (Å²) in [5, 5.41) is 9.35. The first kappa shape index (κ1) is 7.07. The second kappa shape index (κ2) is 2.70. The molecule has 1 saturated carbocycles. The van der Waals surface area contributed by atoms with Gasteiger partial charge in [-0.3, -0.25) is 0 Å². The maximum atomic E-state index is 9.35. The Kier molecular flexibility index (Phi) is 2.12. The molecule has 9 heavy (non-hydrogen) atoms. The Hall–Kier alpha value is -0.0400. The monoisotopic (exact) mass is 128 g/mol. The second-order valence-electron chi connectivity index (χ2n) is 3.33. The van der Waals surface area contributed by atoms with Crippen molar-refractivity contribution in [2.45, 2.75) is 39.2 Å². The molecular formula is C8H16O. The quantitative estimate of drug-likeness (QED) is 0.527. The molecule has 0 heterocycles. The van der Waals surface area contributed by atoms with E-state index in [9.17, 15) is 5.11 Å². The summed E-state index contributed by atoms with van der Waals surface area (Å²) in [5.41, 5.74) is 0. The van der Waals surface area contributed by atoms with Crippen molar-refractivity contribution in [2.75, 3.05) is 0 Å². The van der Waals surface area contributed by atoms with Crippen molar-refractivity contribution in [2.24, 2.45) is 11.8 Å². The molecule has 0 saturated heterocycles. The molecule has 54 valence electrons. The van der Waals surface area contributed by atoms with E-state index in [4.69, 9.17) is 0 Å². The average molecular weight is 128 g/mol. The molecule has 3 atom stereocenters. The van der Waals surface area contributed by atoms with Gasteiger partial charge in [0, 0.05) is 0 Å². The fraction of sp³-hybridized carbons (Fsp3) is 1.00. The largest absolute Gasteiger partial charge is 0.393 e. The minimum Gasteiger partial charge on any atom is -0.393 e. The molecule has 1 nitrogen and oxygen atoms in total. The molecule has 0 amide bonds. The number of hydrogen-bond donors (Lipinski definition) is 1. The van der Waals surface area contributed by atoms with Gasteiger partial charge in [-0.05, 0) is 18.3 Å². The molecule has 1 rings (SSSR count). The van der Waals surface area contributed by atoms with Crippen LogP contribution in [0.25, 0.3) is 0 Å². The van der Waals surface area contributed by atoms with Gasteiger partial charge in [0.15, 0.2) is 0 Å². The van der Waals surface area contributed by atoms with E-state index in [1.807, 2.05) is 0 Å². The third-order valence-electron chi connectivity index (χ3n) is 2.66. The predicted octanol–water partition coefficient (Wildman–Crippen LogP) is 1.80. The van der Waals surface area contributed by atoms with Crippen LogP contribution in [0.2, 0.25) is 0 Å². The zero-order valence-electron chi connectivity index (χ0n) is 6.30. The molecule has 3 unspecified atom stereocenters. The third-order valence-corrected chi connectivity index (χ3v) is 2.66. The summed E-state index contributed by atoms with van der Waals surface area (Å²) in [6.45, 7) is 4.38. The Balaban J connectivity index is 2.41. The second-order valence-corrected chi connectivity index (χ2v) is 3.33. The van der Waals surface area contributed by atoms with Crippen molar-refractivity contribution in [1.29, 1.82) is 0 Å². The fourth-order valence-corrected chi connectivity index (χ4v) is 1.55. The zero-order chi connectivity index (χ0) is 6.85. The van der Waals surface area contributed by atoms with Gasteiger partial charge in [-0.2, -0.15) is 0 Å². The molecule has 1 aliphatic carbocycles. The molecular weight excluding hydrogens is 112 g/mol. The smallest absolute Gasteiger partial charge is 0.0568 e. The van der Waals surface area contributed by atoms with Crippen molar-refractivity contribution in [3.8, 4) is 0 Å². The van der Waals surface area contributed by atoms with Crippen molar-refractivity contribution in [1.82, 2.24) is 0 Å².